The van der Waals surface area contributed by atoms with E-state index in [9.17, 15) is 4.79 Å². The van der Waals surface area contributed by atoms with Gasteiger partial charge in [0.1, 0.15) is 17.4 Å². The molecule has 13 heteroatoms. The topological polar surface area (TPSA) is 123 Å². The van der Waals surface area contributed by atoms with Crippen LogP contribution in [-0.4, -0.2) is 91.2 Å². The number of halogens is 2. The van der Waals surface area contributed by atoms with Crippen LogP contribution in [0.15, 0.2) is 69.9 Å². The van der Waals surface area contributed by atoms with Gasteiger partial charge in [0.25, 0.3) is 0 Å². The van der Waals surface area contributed by atoms with Crippen LogP contribution in [0.3, 0.4) is 0 Å². The quantitative estimate of drug-likeness (QED) is 0.0876. The van der Waals surface area contributed by atoms with Crippen molar-refractivity contribution in [2.24, 2.45) is 0 Å². The molecule has 2 aliphatic rings. The van der Waals surface area contributed by atoms with Crippen molar-refractivity contribution in [3.8, 4) is 0 Å². The fourth-order valence-electron chi connectivity index (χ4n) is 8.13. The van der Waals surface area contributed by atoms with Gasteiger partial charge in [0.05, 0.1) is 11.8 Å². The number of hydrogen-bond donors (Lipinski definition) is 4. The van der Waals surface area contributed by atoms with Gasteiger partial charge in [0.15, 0.2) is 0 Å². The van der Waals surface area contributed by atoms with Gasteiger partial charge in [0, 0.05) is 97.9 Å². The maximum atomic E-state index is 14.9. The molecule has 2 fully saturated rings. The van der Waals surface area contributed by atoms with Gasteiger partial charge in [-0.3, -0.25) is 4.79 Å². The van der Waals surface area contributed by atoms with Crippen LogP contribution in [0.25, 0.3) is 0 Å². The smallest absolute Gasteiger partial charge is 0.224 e. The first-order chi connectivity index (χ1) is 26.9. The molecule has 4 aromatic rings. The number of aryl methyl sites for hydroxylation is 2. The van der Waals surface area contributed by atoms with Crippen molar-refractivity contribution in [3.63, 3.8) is 0 Å². The normalized spacial score (nSPS) is 20.9. The summed E-state index contributed by atoms with van der Waals surface area (Å²) in [5.74, 6) is 2.90. The molecule has 56 heavy (non-hydrogen) atoms. The average molecular weight is 891 g/mol. The average Bonchev–Trinajstić information content (AvgIpc) is 3.19. The van der Waals surface area contributed by atoms with Crippen LogP contribution in [0, 0.1) is 13.8 Å². The van der Waals surface area contributed by atoms with Crippen LogP contribution in [-0.2, 0) is 4.79 Å². The van der Waals surface area contributed by atoms with Crippen molar-refractivity contribution in [1.29, 1.82) is 0 Å². The highest BCUT2D eigenvalue weighted by Gasteiger charge is 2.32. The fraction of sp³-hybridized carbons (Fsp3) is 0.512. The number of ketones is 1. The largest absolute Gasteiger partial charge is 0.362 e. The van der Waals surface area contributed by atoms with E-state index in [2.05, 4.69) is 87.4 Å². The third kappa shape index (κ3) is 11.3. The number of anilines is 4. The number of rotatable bonds is 16. The first-order valence-electron chi connectivity index (χ1n) is 20.0. The lowest BCUT2D eigenvalue weighted by Gasteiger charge is -2.33. The third-order valence-corrected chi connectivity index (χ3v) is 12.4. The Hall–Kier alpha value is -3.65. The molecular weight excluding hydrogens is 832 g/mol. The first-order valence-corrected chi connectivity index (χ1v) is 21.6. The van der Waals surface area contributed by atoms with Crippen molar-refractivity contribution >= 4 is 61.2 Å². The molecule has 4 N–H and O–H groups in total. The molecular formula is C43H58Br2N10O. The van der Waals surface area contributed by atoms with E-state index in [-0.39, 0.29) is 17.6 Å². The number of carbonyl (C=O) groups excluding carboxylic acids is 1. The SMILES string of the molecule is Cc1cnc(N[C@H]2CC[C@@H](NCC(C(=O)C(CN[C@H]3CC[C@@H](Nc4ncc(C)c(N(C)C)n4)CC3)c3ccc(Br)cc3)c3ccc(Br)cc3)CC2)nc1N(C)C. The lowest BCUT2D eigenvalue weighted by Crippen LogP contribution is -2.43. The maximum absolute atomic E-state index is 14.9. The summed E-state index contributed by atoms with van der Waals surface area (Å²) in [6, 6.07) is 17.9. The maximum Gasteiger partial charge on any atom is 0.224 e. The highest BCUT2D eigenvalue weighted by Crippen LogP contribution is 2.31. The summed E-state index contributed by atoms with van der Waals surface area (Å²) in [5.41, 5.74) is 4.20. The van der Waals surface area contributed by atoms with Gasteiger partial charge in [-0.15, -0.1) is 0 Å². The fourth-order valence-corrected chi connectivity index (χ4v) is 8.66. The van der Waals surface area contributed by atoms with E-state index in [1.807, 2.05) is 88.5 Å². The van der Waals surface area contributed by atoms with E-state index in [0.717, 1.165) is 94.2 Å². The van der Waals surface area contributed by atoms with Crippen molar-refractivity contribution in [3.05, 3.63) is 92.1 Å². The zero-order valence-corrected chi connectivity index (χ0v) is 36.8. The Morgan fingerprint density at radius 1 is 0.607 bits per heavy atom. The summed E-state index contributed by atoms with van der Waals surface area (Å²) in [7, 11) is 8.03. The van der Waals surface area contributed by atoms with E-state index >= 15 is 0 Å². The first kappa shape index (κ1) is 42.0. The molecule has 2 heterocycles. The minimum atomic E-state index is -0.290. The molecule has 300 valence electrons. The van der Waals surface area contributed by atoms with E-state index < -0.39 is 0 Å². The van der Waals surface area contributed by atoms with Crippen LogP contribution < -0.4 is 31.1 Å². The lowest BCUT2D eigenvalue weighted by molar-refractivity contribution is -0.121. The summed E-state index contributed by atoms with van der Waals surface area (Å²) in [5, 5.41) is 14.8. The molecule has 11 nitrogen and oxygen atoms in total. The van der Waals surface area contributed by atoms with Gasteiger partial charge in [0.2, 0.25) is 11.9 Å². The summed E-state index contributed by atoms with van der Waals surface area (Å²) < 4.78 is 2.01. The standard InChI is InChI=1S/C43H58Br2N10O/c1-27-23-48-42(52-40(27)54(3)4)50-35-19-15-33(16-20-35)46-25-37(29-7-11-31(44)12-8-29)39(56)38(30-9-13-32(45)14-10-30)26-47-34-17-21-36(22-18-34)51-43-49-24-28(2)41(53-43)55(5)6/h7-14,23-24,33-38,46-47H,15-22,25-26H2,1-6H3,(H,48,50,52)(H,49,51,53)/t33-,34-,35+,36+,37?,38?. The zero-order valence-electron chi connectivity index (χ0n) is 33.7. The van der Waals surface area contributed by atoms with Crippen LogP contribution in [0.1, 0.15) is 85.5 Å². The summed E-state index contributed by atoms with van der Waals surface area (Å²) in [6.07, 6.45) is 11.9. The number of carbonyl (C=O) groups is 1. The summed E-state index contributed by atoms with van der Waals surface area (Å²) in [6.45, 7) is 5.26. The molecule has 0 bridgehead atoms. The minimum Gasteiger partial charge on any atom is -0.362 e. The van der Waals surface area contributed by atoms with Gasteiger partial charge in [-0.1, -0.05) is 56.1 Å². The Bertz CT molecular complexity index is 1740. The predicted octanol–water partition coefficient (Wildman–Crippen LogP) is 8.00. The number of aromatic nitrogens is 4. The molecule has 2 unspecified atom stereocenters. The number of nitrogens with one attached hydrogen (secondary N) is 4. The minimum absolute atomic E-state index is 0.238. The molecule has 0 radical (unpaired) electrons. The Labute approximate surface area is 349 Å². The van der Waals surface area contributed by atoms with Crippen molar-refractivity contribution in [2.75, 3.05) is 61.7 Å². The van der Waals surface area contributed by atoms with Gasteiger partial charge in [-0.2, -0.15) is 9.97 Å². The van der Waals surface area contributed by atoms with E-state index in [1.54, 1.807) is 0 Å². The highest BCUT2D eigenvalue weighted by atomic mass is 79.9. The predicted molar refractivity (Wildman–Crippen MR) is 236 cm³/mol. The van der Waals surface area contributed by atoms with Crippen LogP contribution in [0.5, 0.6) is 0 Å². The van der Waals surface area contributed by atoms with E-state index in [0.29, 0.717) is 49.2 Å². The van der Waals surface area contributed by atoms with Gasteiger partial charge >= 0.3 is 0 Å². The highest BCUT2D eigenvalue weighted by molar-refractivity contribution is 9.10. The van der Waals surface area contributed by atoms with Crippen LogP contribution >= 0.6 is 31.9 Å². The molecule has 2 aromatic heterocycles. The van der Waals surface area contributed by atoms with E-state index in [4.69, 9.17) is 9.97 Å². The number of hydrogen-bond acceptors (Lipinski definition) is 11. The lowest BCUT2D eigenvalue weighted by atomic mass is 9.82. The molecule has 0 aliphatic heterocycles. The van der Waals surface area contributed by atoms with Crippen molar-refractivity contribution < 1.29 is 4.79 Å². The Morgan fingerprint density at radius 2 is 0.946 bits per heavy atom. The second-order valence-electron chi connectivity index (χ2n) is 16.0. The molecule has 0 spiro atoms. The summed E-state index contributed by atoms with van der Waals surface area (Å²) in [4.78, 5) is 37.6. The number of nitrogens with zero attached hydrogens (tertiary/aromatic N) is 6. The van der Waals surface area contributed by atoms with Crippen LogP contribution in [0.2, 0.25) is 0 Å². The third-order valence-electron chi connectivity index (χ3n) is 11.3. The number of Topliss-reactive ketones (excluding diaryl/α,β-unsaturated/α-hetero) is 1. The summed E-state index contributed by atoms with van der Waals surface area (Å²) >= 11 is 7.21. The molecule has 2 saturated carbocycles. The van der Waals surface area contributed by atoms with Gasteiger partial charge < -0.3 is 31.1 Å². The molecule has 6 rings (SSSR count). The molecule has 2 aromatic carbocycles. The zero-order chi connectivity index (χ0) is 39.8. The molecule has 2 aliphatic carbocycles. The monoisotopic (exact) mass is 888 g/mol. The molecule has 0 saturated heterocycles. The van der Waals surface area contributed by atoms with E-state index in [1.165, 1.54) is 0 Å². The molecule has 0 amide bonds. The Balaban J connectivity index is 1.09. The second-order valence-corrected chi connectivity index (χ2v) is 17.8. The molecule has 2 atom stereocenters. The number of benzene rings is 2. The van der Waals surface area contributed by atoms with Crippen molar-refractivity contribution in [2.45, 2.75) is 101 Å². The van der Waals surface area contributed by atoms with Gasteiger partial charge in [-0.25, -0.2) is 9.97 Å². The van der Waals surface area contributed by atoms with Crippen LogP contribution in [0.4, 0.5) is 23.5 Å². The van der Waals surface area contributed by atoms with Gasteiger partial charge in [-0.05, 0) is 101 Å². The second kappa shape index (κ2) is 19.7. The Morgan fingerprint density at radius 3 is 1.29 bits per heavy atom. The van der Waals surface area contributed by atoms with Crippen molar-refractivity contribution in [1.82, 2.24) is 30.6 Å². The Kier molecular flexibility index (Phi) is 14.7.